The van der Waals surface area contributed by atoms with Crippen LogP contribution in [0.2, 0.25) is 0 Å². The first-order chi connectivity index (χ1) is 16.0. The van der Waals surface area contributed by atoms with Gasteiger partial charge in [-0.05, 0) is 64.5 Å². The number of phenolic OH excluding ortho intramolecular Hbond substituents is 1. The van der Waals surface area contributed by atoms with E-state index < -0.39 is 0 Å². The van der Waals surface area contributed by atoms with E-state index in [1.54, 1.807) is 23.9 Å². The predicted molar refractivity (Wildman–Crippen MR) is 130 cm³/mol. The van der Waals surface area contributed by atoms with E-state index in [0.29, 0.717) is 42.3 Å². The van der Waals surface area contributed by atoms with Gasteiger partial charge in [-0.2, -0.15) is 0 Å². The van der Waals surface area contributed by atoms with Crippen LogP contribution in [-0.4, -0.2) is 26.8 Å². The Kier molecular flexibility index (Phi) is 4.77. The smallest absolute Gasteiger partial charge is 0.263 e. The first-order valence-corrected chi connectivity index (χ1v) is 12.1. The Hall–Kier alpha value is -3.17. The summed E-state index contributed by atoms with van der Waals surface area (Å²) in [6.45, 7) is 0.201. The van der Waals surface area contributed by atoms with Gasteiger partial charge in [0, 0.05) is 10.9 Å². The van der Waals surface area contributed by atoms with Gasteiger partial charge in [0.2, 0.25) is 0 Å². The monoisotopic (exact) mass is 523 g/mol. The SMILES string of the molecule is COc1ccc(-c2nc3sc4c(O)c(Br)ccc4c3c(=O)n2Cc2cnco2)c(C2CC2)c1. The molecule has 166 valence electrons. The number of methoxy groups -OCH3 is 1. The van der Waals surface area contributed by atoms with Gasteiger partial charge in [-0.15, -0.1) is 11.3 Å². The summed E-state index contributed by atoms with van der Waals surface area (Å²) in [5.74, 6) is 2.44. The largest absolute Gasteiger partial charge is 0.505 e. The van der Waals surface area contributed by atoms with Crippen molar-refractivity contribution in [2.45, 2.75) is 25.3 Å². The molecular weight excluding hydrogens is 506 g/mol. The minimum atomic E-state index is -0.183. The van der Waals surface area contributed by atoms with Crippen molar-refractivity contribution in [1.29, 1.82) is 0 Å². The standard InChI is InChI=1S/C24H18BrN3O4S/c1-31-13-4-5-15(17(8-13)12-2-3-12)22-27-23-19(16-6-7-18(25)20(29)21(16)33-23)24(30)28(22)10-14-9-26-11-32-14/h4-9,11-12,29H,2-3,10H2,1H3. The van der Waals surface area contributed by atoms with Crippen molar-refractivity contribution in [2.24, 2.45) is 0 Å². The number of nitrogens with zero attached hydrogens (tertiary/aromatic N) is 3. The maximum Gasteiger partial charge on any atom is 0.263 e. The van der Waals surface area contributed by atoms with E-state index >= 15 is 0 Å². The van der Waals surface area contributed by atoms with E-state index in [1.807, 2.05) is 24.3 Å². The molecular formula is C24H18BrN3O4S. The zero-order valence-corrected chi connectivity index (χ0v) is 19.9. The maximum atomic E-state index is 13.9. The molecule has 1 N–H and O–H groups in total. The van der Waals surface area contributed by atoms with Crippen molar-refractivity contribution in [3.63, 3.8) is 0 Å². The molecule has 6 rings (SSSR count). The summed E-state index contributed by atoms with van der Waals surface area (Å²) < 4.78 is 13.8. The summed E-state index contributed by atoms with van der Waals surface area (Å²) in [6, 6.07) is 9.48. The van der Waals surface area contributed by atoms with Gasteiger partial charge in [-0.1, -0.05) is 6.07 Å². The number of aromatic nitrogens is 3. The molecule has 0 unspecified atom stereocenters. The summed E-state index contributed by atoms with van der Waals surface area (Å²) >= 11 is 4.68. The zero-order chi connectivity index (χ0) is 22.7. The number of hydrogen-bond donors (Lipinski definition) is 1. The normalized spacial score (nSPS) is 13.8. The van der Waals surface area contributed by atoms with Crippen LogP contribution in [0.4, 0.5) is 0 Å². The summed E-state index contributed by atoms with van der Waals surface area (Å²) in [5.41, 5.74) is 1.84. The van der Waals surface area contributed by atoms with Crippen molar-refractivity contribution in [3.8, 4) is 22.9 Å². The van der Waals surface area contributed by atoms with Gasteiger partial charge in [0.15, 0.2) is 6.39 Å². The van der Waals surface area contributed by atoms with Crippen LogP contribution in [0.1, 0.15) is 30.1 Å². The van der Waals surface area contributed by atoms with Crippen LogP contribution in [-0.2, 0) is 6.54 Å². The second-order valence-electron chi connectivity index (χ2n) is 8.08. The van der Waals surface area contributed by atoms with Crippen LogP contribution in [0.3, 0.4) is 0 Å². The summed E-state index contributed by atoms with van der Waals surface area (Å²) in [6.07, 6.45) is 5.15. The van der Waals surface area contributed by atoms with Gasteiger partial charge >= 0.3 is 0 Å². The fourth-order valence-electron chi connectivity index (χ4n) is 4.22. The molecule has 0 radical (unpaired) electrons. The molecule has 0 aliphatic heterocycles. The highest BCUT2D eigenvalue weighted by Gasteiger charge is 2.29. The van der Waals surface area contributed by atoms with Gasteiger partial charge in [-0.3, -0.25) is 9.36 Å². The van der Waals surface area contributed by atoms with E-state index in [2.05, 4.69) is 20.9 Å². The summed E-state index contributed by atoms with van der Waals surface area (Å²) in [5, 5.41) is 11.8. The number of oxazole rings is 1. The highest BCUT2D eigenvalue weighted by molar-refractivity contribution is 9.10. The van der Waals surface area contributed by atoms with E-state index in [1.165, 1.54) is 17.7 Å². The minimum Gasteiger partial charge on any atom is -0.505 e. The van der Waals surface area contributed by atoms with Gasteiger partial charge < -0.3 is 14.3 Å². The topological polar surface area (TPSA) is 90.4 Å². The predicted octanol–water partition coefficient (Wildman–Crippen LogP) is 5.67. The molecule has 7 nitrogen and oxygen atoms in total. The second kappa shape index (κ2) is 7.71. The fraction of sp³-hybridized carbons (Fsp3) is 0.208. The lowest BCUT2D eigenvalue weighted by atomic mass is 10.0. The number of rotatable bonds is 5. The Morgan fingerprint density at radius 3 is 2.88 bits per heavy atom. The Balaban J connectivity index is 1.68. The van der Waals surface area contributed by atoms with Crippen LogP contribution in [0.5, 0.6) is 11.5 Å². The molecule has 0 bridgehead atoms. The van der Waals surface area contributed by atoms with Gasteiger partial charge in [0.1, 0.15) is 27.9 Å². The Bertz CT molecular complexity index is 1590. The molecule has 0 saturated heterocycles. The van der Waals surface area contributed by atoms with Crippen LogP contribution in [0.15, 0.2) is 56.6 Å². The molecule has 2 aromatic carbocycles. The molecule has 0 amide bonds. The summed E-state index contributed by atoms with van der Waals surface area (Å²) in [7, 11) is 1.65. The van der Waals surface area contributed by atoms with Gasteiger partial charge in [-0.25, -0.2) is 9.97 Å². The van der Waals surface area contributed by atoms with Gasteiger partial charge in [0.05, 0.1) is 34.4 Å². The van der Waals surface area contributed by atoms with E-state index in [0.717, 1.165) is 29.7 Å². The van der Waals surface area contributed by atoms with Crippen molar-refractivity contribution in [1.82, 2.24) is 14.5 Å². The molecule has 1 aliphatic rings. The van der Waals surface area contributed by atoms with Crippen LogP contribution in [0.25, 0.3) is 31.7 Å². The maximum absolute atomic E-state index is 13.9. The molecule has 0 atom stereocenters. The lowest BCUT2D eigenvalue weighted by Crippen LogP contribution is -2.24. The average molecular weight is 524 g/mol. The summed E-state index contributed by atoms with van der Waals surface area (Å²) in [4.78, 5) is 23.4. The van der Waals surface area contributed by atoms with Crippen LogP contribution < -0.4 is 10.3 Å². The molecule has 9 heteroatoms. The number of hydrogen-bond acceptors (Lipinski definition) is 7. The molecule has 3 aromatic heterocycles. The lowest BCUT2D eigenvalue weighted by molar-refractivity contribution is 0.414. The van der Waals surface area contributed by atoms with Crippen molar-refractivity contribution >= 4 is 47.6 Å². The number of fused-ring (bicyclic) bond motifs is 3. The molecule has 1 fully saturated rings. The number of benzene rings is 2. The van der Waals surface area contributed by atoms with Crippen molar-refractivity contribution in [2.75, 3.05) is 7.11 Å². The third kappa shape index (κ3) is 3.34. The molecule has 33 heavy (non-hydrogen) atoms. The minimum absolute atomic E-state index is 0.112. The third-order valence-electron chi connectivity index (χ3n) is 6.00. The van der Waals surface area contributed by atoms with Crippen LogP contribution >= 0.6 is 27.3 Å². The molecule has 1 saturated carbocycles. The van der Waals surface area contributed by atoms with E-state index in [9.17, 15) is 9.90 Å². The van der Waals surface area contributed by atoms with Crippen molar-refractivity contribution < 1.29 is 14.3 Å². The Morgan fingerprint density at radius 1 is 1.30 bits per heavy atom. The van der Waals surface area contributed by atoms with E-state index in [4.69, 9.17) is 14.1 Å². The van der Waals surface area contributed by atoms with E-state index in [-0.39, 0.29) is 17.9 Å². The zero-order valence-electron chi connectivity index (χ0n) is 17.5. The second-order valence-corrected chi connectivity index (χ2v) is 9.93. The fourth-order valence-corrected chi connectivity index (χ4v) is 5.79. The first-order valence-electron chi connectivity index (χ1n) is 10.5. The number of phenols is 1. The average Bonchev–Trinajstić information content (AvgIpc) is 3.41. The number of halogens is 1. The Morgan fingerprint density at radius 2 is 2.15 bits per heavy atom. The molecule has 1 aliphatic carbocycles. The molecule has 5 aromatic rings. The highest BCUT2D eigenvalue weighted by atomic mass is 79.9. The Labute approximate surface area is 200 Å². The quantitative estimate of drug-likeness (QED) is 0.319. The third-order valence-corrected chi connectivity index (χ3v) is 7.75. The number of ether oxygens (including phenoxy) is 1. The molecule has 3 heterocycles. The lowest BCUT2D eigenvalue weighted by Gasteiger charge is -2.15. The van der Waals surface area contributed by atoms with Crippen molar-refractivity contribution in [3.05, 3.63) is 69.1 Å². The number of thiophene rings is 1. The molecule has 0 spiro atoms. The number of aromatic hydroxyl groups is 1. The first kappa shape index (κ1) is 20.4. The highest BCUT2D eigenvalue weighted by Crippen LogP contribution is 2.46. The van der Waals surface area contributed by atoms with Gasteiger partial charge in [0.25, 0.3) is 5.56 Å². The van der Waals surface area contributed by atoms with Crippen LogP contribution in [0, 0.1) is 0 Å².